The van der Waals surface area contributed by atoms with Gasteiger partial charge in [-0.2, -0.15) is 0 Å². The zero-order chi connectivity index (χ0) is 26.8. The molecule has 38 heavy (non-hydrogen) atoms. The van der Waals surface area contributed by atoms with Crippen molar-refractivity contribution in [1.29, 1.82) is 0 Å². The van der Waals surface area contributed by atoms with E-state index in [9.17, 15) is 9.59 Å². The van der Waals surface area contributed by atoms with Gasteiger partial charge in [0.25, 0.3) is 11.8 Å². The maximum Gasteiger partial charge on any atom is 0.252 e. The molecule has 3 unspecified atom stereocenters. The van der Waals surface area contributed by atoms with Crippen molar-refractivity contribution in [3.05, 3.63) is 87.9 Å². The lowest BCUT2D eigenvalue weighted by Crippen LogP contribution is -2.61. The van der Waals surface area contributed by atoms with Crippen LogP contribution in [0.1, 0.15) is 24.0 Å². The number of hydrogen-bond donors (Lipinski definition) is 1. The molecule has 194 valence electrons. The van der Waals surface area contributed by atoms with Crippen LogP contribution in [0.3, 0.4) is 0 Å². The van der Waals surface area contributed by atoms with Gasteiger partial charge in [-0.05, 0) is 74.1 Å². The molecule has 3 atom stereocenters. The molecule has 3 aliphatic rings. The fourth-order valence-electron chi connectivity index (χ4n) is 6.12. The third-order valence-corrected chi connectivity index (χ3v) is 9.99. The summed E-state index contributed by atoms with van der Waals surface area (Å²) in [5, 5.41) is 4.11. The van der Waals surface area contributed by atoms with Crippen molar-refractivity contribution in [3.8, 4) is 5.75 Å². The second-order valence-corrected chi connectivity index (χ2v) is 12.3. The highest BCUT2D eigenvalue weighted by Gasteiger charge is 2.77. The molecule has 6 nitrogen and oxygen atoms in total. The van der Waals surface area contributed by atoms with E-state index in [1.54, 1.807) is 23.1 Å². The summed E-state index contributed by atoms with van der Waals surface area (Å²) in [6, 6.07) is 20.0. The van der Waals surface area contributed by atoms with Crippen molar-refractivity contribution >= 4 is 74.7 Å². The number of anilines is 2. The van der Waals surface area contributed by atoms with E-state index in [1.807, 2.05) is 67.4 Å². The fourth-order valence-corrected chi connectivity index (χ4v) is 8.60. The molecule has 2 amide bonds. The standard InChI is InChI=1S/C28H23Cl2N3O3S2/c1-3-36-20-11-9-19(10-12-20)33-25(35)28(38-26(33)37)22(16-4-6-17(29)7-5-16)15-32(2)27(28)21-14-18(30)8-13-23(21)31-24(27)34/h4-14,22H,3,15H2,1-2H3,(H,31,34). The number of carbonyl (C=O) groups is 2. The molecule has 0 bridgehead atoms. The van der Waals surface area contributed by atoms with Gasteiger partial charge in [0.2, 0.25) is 0 Å². The van der Waals surface area contributed by atoms with Gasteiger partial charge >= 0.3 is 0 Å². The summed E-state index contributed by atoms with van der Waals surface area (Å²) < 4.78 is 4.67. The van der Waals surface area contributed by atoms with E-state index < -0.39 is 10.3 Å². The minimum absolute atomic E-state index is 0.246. The van der Waals surface area contributed by atoms with Gasteiger partial charge in [0.05, 0.1) is 12.3 Å². The number of carbonyl (C=O) groups excluding carboxylic acids is 2. The molecule has 0 aliphatic carbocycles. The van der Waals surface area contributed by atoms with Gasteiger partial charge < -0.3 is 10.1 Å². The van der Waals surface area contributed by atoms with Crippen LogP contribution in [0.4, 0.5) is 11.4 Å². The number of benzene rings is 3. The second kappa shape index (κ2) is 9.24. The number of hydrogen-bond acceptors (Lipinski definition) is 6. The first-order valence-electron chi connectivity index (χ1n) is 12.1. The van der Waals surface area contributed by atoms with Crippen LogP contribution in [-0.2, 0) is 15.1 Å². The van der Waals surface area contributed by atoms with E-state index in [-0.39, 0.29) is 17.7 Å². The van der Waals surface area contributed by atoms with E-state index in [4.69, 9.17) is 40.2 Å². The van der Waals surface area contributed by atoms with Gasteiger partial charge in [-0.25, -0.2) is 0 Å². The number of amides is 2. The van der Waals surface area contributed by atoms with Crippen LogP contribution in [0.15, 0.2) is 66.7 Å². The van der Waals surface area contributed by atoms with Crippen molar-refractivity contribution < 1.29 is 14.3 Å². The van der Waals surface area contributed by atoms with E-state index >= 15 is 0 Å². The maximum atomic E-state index is 14.9. The summed E-state index contributed by atoms with van der Waals surface area (Å²) in [6.07, 6.45) is 0. The first-order chi connectivity index (χ1) is 18.2. The summed E-state index contributed by atoms with van der Waals surface area (Å²) in [6.45, 7) is 2.89. The molecule has 0 saturated carbocycles. The van der Waals surface area contributed by atoms with Crippen LogP contribution in [-0.4, -0.2) is 46.0 Å². The first kappa shape index (κ1) is 25.6. The highest BCUT2D eigenvalue weighted by molar-refractivity contribution is 8.25. The van der Waals surface area contributed by atoms with Crippen molar-refractivity contribution in [2.75, 3.05) is 30.4 Å². The summed E-state index contributed by atoms with van der Waals surface area (Å²) >= 11 is 19.8. The van der Waals surface area contributed by atoms with Crippen LogP contribution in [0.25, 0.3) is 0 Å². The highest BCUT2D eigenvalue weighted by atomic mass is 35.5. The van der Waals surface area contributed by atoms with E-state index in [2.05, 4.69) is 5.32 Å². The Morgan fingerprint density at radius 1 is 1.05 bits per heavy atom. The molecule has 1 N–H and O–H groups in total. The largest absolute Gasteiger partial charge is 0.494 e. The number of halogens is 2. The molecule has 0 radical (unpaired) electrons. The number of rotatable bonds is 4. The Labute approximate surface area is 240 Å². The number of ether oxygens (including phenoxy) is 1. The fraction of sp³-hybridized carbons (Fsp3) is 0.250. The van der Waals surface area contributed by atoms with Gasteiger partial charge in [-0.1, -0.05) is 59.3 Å². The maximum absolute atomic E-state index is 14.9. The van der Waals surface area contributed by atoms with Crippen LogP contribution in [0.5, 0.6) is 5.75 Å². The molecule has 3 aromatic carbocycles. The minimum Gasteiger partial charge on any atom is -0.494 e. The monoisotopic (exact) mass is 583 g/mol. The third kappa shape index (κ3) is 3.41. The van der Waals surface area contributed by atoms with Crippen molar-refractivity contribution in [2.45, 2.75) is 23.1 Å². The molecule has 10 heteroatoms. The SMILES string of the molecule is CCOc1ccc(N2C(=O)C3(SC2=S)C(c2ccc(Cl)cc2)CN(C)C32C(=O)Nc3ccc(Cl)cc32)cc1. The lowest BCUT2D eigenvalue weighted by Gasteiger charge is -2.41. The van der Waals surface area contributed by atoms with Gasteiger partial charge in [0.1, 0.15) is 14.8 Å². The number of thiocarbonyl (C=S) groups is 1. The van der Waals surface area contributed by atoms with Gasteiger partial charge in [0.15, 0.2) is 5.54 Å². The third-order valence-electron chi connectivity index (χ3n) is 7.64. The Bertz CT molecular complexity index is 1480. The predicted octanol–water partition coefficient (Wildman–Crippen LogP) is 6.07. The second-order valence-electron chi connectivity index (χ2n) is 9.51. The molecule has 3 aliphatic heterocycles. The number of likely N-dealkylation sites (tertiary alicyclic amines) is 1. The lowest BCUT2D eigenvalue weighted by molar-refractivity contribution is -0.132. The first-order valence-corrected chi connectivity index (χ1v) is 14.1. The van der Waals surface area contributed by atoms with E-state index in [0.29, 0.717) is 50.2 Å². The number of thioether (sulfide) groups is 1. The molecule has 2 fully saturated rings. The van der Waals surface area contributed by atoms with E-state index in [0.717, 1.165) is 5.56 Å². The Kier molecular flexibility index (Phi) is 6.24. The Balaban J connectivity index is 1.58. The highest BCUT2D eigenvalue weighted by Crippen LogP contribution is 2.66. The number of fused-ring (bicyclic) bond motifs is 3. The Hall–Kier alpha value is -2.62. The average molecular weight is 585 g/mol. The zero-order valence-corrected chi connectivity index (χ0v) is 23.7. The zero-order valence-electron chi connectivity index (χ0n) is 20.5. The van der Waals surface area contributed by atoms with Crippen molar-refractivity contribution in [1.82, 2.24) is 4.90 Å². The molecule has 2 spiro atoms. The van der Waals surface area contributed by atoms with Crippen molar-refractivity contribution in [2.24, 2.45) is 0 Å². The van der Waals surface area contributed by atoms with Crippen LogP contribution in [0, 0.1) is 0 Å². The normalized spacial score (nSPS) is 26.5. The number of nitrogens with one attached hydrogen (secondary N) is 1. The predicted molar refractivity (Wildman–Crippen MR) is 157 cm³/mol. The lowest BCUT2D eigenvalue weighted by atomic mass is 9.72. The van der Waals surface area contributed by atoms with Gasteiger partial charge in [-0.15, -0.1) is 0 Å². The minimum atomic E-state index is -1.34. The molecular formula is C28H23Cl2N3O3S2. The summed E-state index contributed by atoms with van der Waals surface area (Å²) in [5.41, 5.74) is 1.49. The Morgan fingerprint density at radius 3 is 2.42 bits per heavy atom. The quantitative estimate of drug-likeness (QED) is 0.376. The van der Waals surface area contributed by atoms with Gasteiger partial charge in [0, 0.05) is 33.8 Å². The molecule has 0 aromatic heterocycles. The topological polar surface area (TPSA) is 61.9 Å². The molecule has 3 heterocycles. The van der Waals surface area contributed by atoms with Gasteiger partial charge in [-0.3, -0.25) is 19.4 Å². The van der Waals surface area contributed by atoms with Crippen molar-refractivity contribution in [3.63, 3.8) is 0 Å². The molecule has 6 rings (SSSR count). The van der Waals surface area contributed by atoms with Crippen LogP contribution in [0.2, 0.25) is 10.0 Å². The van der Waals surface area contributed by atoms with E-state index in [1.165, 1.54) is 11.8 Å². The summed E-state index contributed by atoms with van der Waals surface area (Å²) in [5.74, 6) is -0.190. The Morgan fingerprint density at radius 2 is 1.74 bits per heavy atom. The number of likely N-dealkylation sites (N-methyl/N-ethyl adjacent to an activating group) is 1. The summed E-state index contributed by atoms with van der Waals surface area (Å²) in [7, 11) is 1.88. The van der Waals surface area contributed by atoms with Crippen LogP contribution < -0.4 is 15.0 Å². The molecule has 2 saturated heterocycles. The molecular weight excluding hydrogens is 561 g/mol. The smallest absolute Gasteiger partial charge is 0.252 e. The summed E-state index contributed by atoms with van der Waals surface area (Å²) in [4.78, 5) is 32.5. The average Bonchev–Trinajstić information content (AvgIpc) is 3.44. The molecule has 3 aromatic rings. The van der Waals surface area contributed by atoms with Crippen LogP contribution >= 0.6 is 47.2 Å². The number of nitrogens with zero attached hydrogens (tertiary/aromatic N) is 2.